The maximum Gasteiger partial charge on any atom is 0.0161 e. The van der Waals surface area contributed by atoms with Crippen LogP contribution in [0.5, 0.6) is 0 Å². The SMILES string of the molecule is CC(C)c1ccc(C2=CC=CCC2(P)C(C)C)c(C(C)C)c1. The summed E-state index contributed by atoms with van der Waals surface area (Å²) < 4.78 is 0. The minimum Gasteiger partial charge on any atom is -0.126 e. The van der Waals surface area contributed by atoms with E-state index in [4.69, 9.17) is 0 Å². The molecule has 0 saturated carbocycles. The summed E-state index contributed by atoms with van der Waals surface area (Å²) in [5.41, 5.74) is 5.85. The van der Waals surface area contributed by atoms with Gasteiger partial charge in [0, 0.05) is 5.16 Å². The van der Waals surface area contributed by atoms with Gasteiger partial charge in [0.25, 0.3) is 0 Å². The van der Waals surface area contributed by atoms with E-state index in [-0.39, 0.29) is 5.16 Å². The average Bonchev–Trinajstić information content (AvgIpc) is 2.46. The first-order valence-electron chi connectivity index (χ1n) is 8.57. The van der Waals surface area contributed by atoms with E-state index in [1.165, 1.54) is 22.3 Å². The zero-order valence-electron chi connectivity index (χ0n) is 15.0. The van der Waals surface area contributed by atoms with Gasteiger partial charge in [-0.2, -0.15) is 0 Å². The molecule has 120 valence electrons. The highest BCUT2D eigenvalue weighted by atomic mass is 31.0. The van der Waals surface area contributed by atoms with Gasteiger partial charge in [0.2, 0.25) is 0 Å². The minimum atomic E-state index is 0.151. The predicted octanol–water partition coefficient (Wildman–Crippen LogP) is 6.55. The van der Waals surface area contributed by atoms with Crippen LogP contribution >= 0.6 is 9.24 Å². The van der Waals surface area contributed by atoms with Crippen LogP contribution in [0.25, 0.3) is 5.57 Å². The molecule has 0 radical (unpaired) electrons. The van der Waals surface area contributed by atoms with Crippen LogP contribution < -0.4 is 0 Å². The van der Waals surface area contributed by atoms with Crippen molar-refractivity contribution < 1.29 is 0 Å². The molecule has 0 fully saturated rings. The summed E-state index contributed by atoms with van der Waals surface area (Å²) in [6, 6.07) is 7.10. The van der Waals surface area contributed by atoms with E-state index in [2.05, 4.69) is 87.2 Å². The van der Waals surface area contributed by atoms with Gasteiger partial charge >= 0.3 is 0 Å². The largest absolute Gasteiger partial charge is 0.126 e. The van der Waals surface area contributed by atoms with E-state index < -0.39 is 0 Å². The van der Waals surface area contributed by atoms with Crippen molar-refractivity contribution in [3.05, 3.63) is 53.1 Å². The third kappa shape index (κ3) is 3.23. The number of allylic oxidation sites excluding steroid dienone is 4. The Morgan fingerprint density at radius 2 is 1.68 bits per heavy atom. The van der Waals surface area contributed by atoms with Crippen molar-refractivity contribution in [2.75, 3.05) is 0 Å². The second kappa shape index (κ2) is 6.71. The lowest BCUT2D eigenvalue weighted by Crippen LogP contribution is -2.30. The van der Waals surface area contributed by atoms with Gasteiger partial charge in [0.1, 0.15) is 0 Å². The quantitative estimate of drug-likeness (QED) is 0.553. The second-order valence-electron chi connectivity index (χ2n) is 7.56. The van der Waals surface area contributed by atoms with Crippen LogP contribution in [-0.4, -0.2) is 5.16 Å². The normalized spacial score (nSPS) is 21.8. The maximum absolute atomic E-state index is 3.16. The molecule has 2 atom stereocenters. The van der Waals surface area contributed by atoms with Crippen molar-refractivity contribution in [2.45, 2.75) is 65.0 Å². The Labute approximate surface area is 139 Å². The van der Waals surface area contributed by atoms with Gasteiger partial charge < -0.3 is 0 Å². The molecule has 2 rings (SSSR count). The molecule has 1 aromatic carbocycles. The average molecular weight is 314 g/mol. The molecule has 0 N–H and O–H groups in total. The summed E-state index contributed by atoms with van der Waals surface area (Å²) in [7, 11) is 3.16. The van der Waals surface area contributed by atoms with Gasteiger partial charge in [-0.05, 0) is 46.4 Å². The van der Waals surface area contributed by atoms with Crippen molar-refractivity contribution in [1.82, 2.24) is 0 Å². The third-order valence-electron chi connectivity index (χ3n) is 5.04. The fraction of sp³-hybridized carbons (Fsp3) is 0.524. The molecule has 0 amide bonds. The van der Waals surface area contributed by atoms with Crippen LogP contribution in [0.15, 0.2) is 36.4 Å². The Morgan fingerprint density at radius 1 is 1.00 bits per heavy atom. The molecule has 0 saturated heterocycles. The highest BCUT2D eigenvalue weighted by Gasteiger charge is 2.34. The molecular formula is C21H31P. The first-order chi connectivity index (χ1) is 10.3. The molecular weight excluding hydrogens is 283 g/mol. The first kappa shape index (κ1) is 17.5. The van der Waals surface area contributed by atoms with E-state index >= 15 is 0 Å². The summed E-state index contributed by atoms with van der Waals surface area (Å²) in [6.07, 6.45) is 7.95. The molecule has 0 heterocycles. The van der Waals surface area contributed by atoms with E-state index in [1.54, 1.807) is 0 Å². The van der Waals surface area contributed by atoms with Crippen LogP contribution in [0.2, 0.25) is 0 Å². The first-order valence-corrected chi connectivity index (χ1v) is 9.15. The van der Waals surface area contributed by atoms with Crippen molar-refractivity contribution in [2.24, 2.45) is 5.92 Å². The van der Waals surface area contributed by atoms with Crippen LogP contribution in [-0.2, 0) is 0 Å². The minimum absolute atomic E-state index is 0.151. The van der Waals surface area contributed by atoms with Crippen LogP contribution in [0, 0.1) is 5.92 Å². The molecule has 0 spiro atoms. The highest BCUT2D eigenvalue weighted by Crippen LogP contribution is 2.47. The lowest BCUT2D eigenvalue weighted by molar-refractivity contribution is 0.524. The van der Waals surface area contributed by atoms with E-state index in [0.717, 1.165) is 6.42 Å². The number of benzene rings is 1. The molecule has 2 unspecified atom stereocenters. The lowest BCUT2D eigenvalue weighted by atomic mass is 9.75. The molecule has 1 aromatic rings. The van der Waals surface area contributed by atoms with Gasteiger partial charge in [0.05, 0.1) is 0 Å². The summed E-state index contributed by atoms with van der Waals surface area (Å²) in [6.45, 7) is 13.8. The molecule has 0 bridgehead atoms. The van der Waals surface area contributed by atoms with Gasteiger partial charge in [-0.3, -0.25) is 0 Å². The molecule has 1 heteroatoms. The zero-order chi connectivity index (χ0) is 16.5. The predicted molar refractivity (Wildman–Crippen MR) is 104 cm³/mol. The summed E-state index contributed by atoms with van der Waals surface area (Å²) >= 11 is 0. The molecule has 0 aromatic heterocycles. The maximum atomic E-state index is 3.16. The van der Waals surface area contributed by atoms with Gasteiger partial charge in [-0.1, -0.05) is 78.0 Å². The van der Waals surface area contributed by atoms with E-state index in [1.807, 2.05) is 0 Å². The molecule has 0 aliphatic heterocycles. The van der Waals surface area contributed by atoms with E-state index in [9.17, 15) is 0 Å². The van der Waals surface area contributed by atoms with E-state index in [0.29, 0.717) is 17.8 Å². The van der Waals surface area contributed by atoms with Crippen molar-refractivity contribution in [3.8, 4) is 0 Å². The van der Waals surface area contributed by atoms with Crippen molar-refractivity contribution >= 4 is 14.8 Å². The Kier molecular flexibility index (Phi) is 5.33. The van der Waals surface area contributed by atoms with Crippen molar-refractivity contribution in [1.29, 1.82) is 0 Å². The number of rotatable bonds is 4. The Morgan fingerprint density at radius 3 is 2.23 bits per heavy atom. The summed E-state index contributed by atoms with van der Waals surface area (Å²) in [4.78, 5) is 0. The Bertz CT molecular complexity index is 590. The smallest absolute Gasteiger partial charge is 0.0161 e. The Hall–Kier alpha value is -0.870. The number of hydrogen-bond acceptors (Lipinski definition) is 0. The van der Waals surface area contributed by atoms with Crippen molar-refractivity contribution in [3.63, 3.8) is 0 Å². The third-order valence-corrected chi connectivity index (χ3v) is 6.25. The standard InChI is InChI=1S/C21H31P/c1-14(2)17-10-11-18(19(13-17)15(3)4)20-9-7-8-12-21(20,22)16(5)6/h7-11,13-16H,12,22H2,1-6H3. The van der Waals surface area contributed by atoms with Gasteiger partial charge in [-0.15, -0.1) is 9.24 Å². The van der Waals surface area contributed by atoms with Crippen LogP contribution in [0.1, 0.15) is 76.5 Å². The van der Waals surface area contributed by atoms with Crippen LogP contribution in [0.4, 0.5) is 0 Å². The van der Waals surface area contributed by atoms with Gasteiger partial charge in [-0.25, -0.2) is 0 Å². The fourth-order valence-corrected chi connectivity index (χ4v) is 3.63. The molecule has 1 aliphatic carbocycles. The number of hydrogen-bond donors (Lipinski definition) is 0. The monoisotopic (exact) mass is 314 g/mol. The lowest BCUT2D eigenvalue weighted by Gasteiger charge is -2.38. The summed E-state index contributed by atoms with van der Waals surface area (Å²) in [5, 5.41) is 0.151. The molecule has 22 heavy (non-hydrogen) atoms. The van der Waals surface area contributed by atoms with Gasteiger partial charge in [0.15, 0.2) is 0 Å². The Balaban J connectivity index is 2.60. The second-order valence-corrected chi connectivity index (χ2v) is 8.59. The van der Waals surface area contributed by atoms with Crippen LogP contribution in [0.3, 0.4) is 0 Å². The summed E-state index contributed by atoms with van der Waals surface area (Å²) in [5.74, 6) is 1.72. The topological polar surface area (TPSA) is 0 Å². The highest BCUT2D eigenvalue weighted by molar-refractivity contribution is 7.20. The zero-order valence-corrected chi connectivity index (χ0v) is 16.1. The fourth-order valence-electron chi connectivity index (χ4n) is 3.24. The molecule has 0 nitrogen and oxygen atoms in total. The molecule has 1 aliphatic rings.